The van der Waals surface area contributed by atoms with Crippen LogP contribution >= 0.6 is 12.6 Å². The molecule has 0 atom stereocenters. The van der Waals surface area contributed by atoms with Crippen LogP contribution in [0.1, 0.15) is 22.8 Å². The number of Topliss-reactive ketones (excluding diaryl/α,β-unsaturated/α-hetero) is 1. The second kappa shape index (κ2) is 11.1. The Hall–Kier alpha value is -2.58. The van der Waals surface area contributed by atoms with Gasteiger partial charge in [0, 0.05) is 16.9 Å². The summed E-state index contributed by atoms with van der Waals surface area (Å²) in [4.78, 5) is 43.6. The first-order valence-corrected chi connectivity index (χ1v) is 7.80. The molecule has 0 amide bonds. The van der Waals surface area contributed by atoms with Gasteiger partial charge in [-0.2, -0.15) is 17.5 Å². The summed E-state index contributed by atoms with van der Waals surface area (Å²) < 4.78 is 9.35. The molecule has 0 aromatic heterocycles. The molecule has 0 N–H and O–H groups in total. The molecule has 0 bridgehead atoms. The van der Waals surface area contributed by atoms with Crippen molar-refractivity contribution in [3.63, 3.8) is 0 Å². The number of carbonyl (C=O) groups is 3. The van der Waals surface area contributed by atoms with Crippen molar-refractivity contribution in [1.82, 2.24) is 0 Å². The maximum Gasteiger partial charge on any atom is 0.379 e. The third-order valence-corrected chi connectivity index (χ3v) is 3.05. The Bertz CT molecular complexity index is 649. The number of rotatable bonds is 10. The molecule has 0 spiro atoms. The molecule has 134 valence electrons. The molecule has 0 radical (unpaired) electrons. The predicted octanol–water partition coefficient (Wildman–Crippen LogP) is 2.38. The van der Waals surface area contributed by atoms with Crippen LogP contribution in [0.3, 0.4) is 0 Å². The van der Waals surface area contributed by atoms with Crippen LogP contribution in [0, 0.1) is 0 Å². The Morgan fingerprint density at radius 3 is 2.36 bits per heavy atom. The second-order valence-electron chi connectivity index (χ2n) is 4.70. The lowest BCUT2D eigenvalue weighted by atomic mass is 10.1. The molecule has 0 saturated carbocycles. The van der Waals surface area contributed by atoms with Crippen LogP contribution in [0.25, 0.3) is 0 Å². The van der Waals surface area contributed by atoms with Gasteiger partial charge in [-0.3, -0.25) is 4.79 Å². The third kappa shape index (κ3) is 7.69. The van der Waals surface area contributed by atoms with Gasteiger partial charge in [0.15, 0.2) is 6.26 Å². The van der Waals surface area contributed by atoms with Gasteiger partial charge in [-0.15, -0.1) is 0 Å². The first-order chi connectivity index (χ1) is 12.0. The number of carbonyl (C=O) groups excluding carboxylic acids is 3. The minimum absolute atomic E-state index is 0.115. The van der Waals surface area contributed by atoms with Crippen molar-refractivity contribution in [2.45, 2.75) is 12.7 Å². The zero-order chi connectivity index (χ0) is 18.7. The highest BCUT2D eigenvalue weighted by Gasteiger charge is 2.17. The van der Waals surface area contributed by atoms with Gasteiger partial charge < -0.3 is 14.4 Å². The number of thiol groups is 1. The predicted molar refractivity (Wildman–Crippen MR) is 91.5 cm³/mol. The Labute approximate surface area is 150 Å². The van der Waals surface area contributed by atoms with E-state index in [1.165, 1.54) is 19.1 Å². The van der Waals surface area contributed by atoms with Crippen LogP contribution in [0.4, 0.5) is 0 Å². The number of hydrogen-bond acceptors (Lipinski definition) is 8. The molecule has 0 fully saturated rings. The molecule has 1 rings (SSSR count). The summed E-state index contributed by atoms with van der Waals surface area (Å²) in [7, 11) is 0. The monoisotopic (exact) mass is 366 g/mol. The smallest absolute Gasteiger partial charge is 0.379 e. The number of esters is 2. The van der Waals surface area contributed by atoms with Gasteiger partial charge in [0.25, 0.3) is 5.78 Å². The van der Waals surface area contributed by atoms with E-state index in [0.717, 1.165) is 18.1 Å². The van der Waals surface area contributed by atoms with E-state index in [0.29, 0.717) is 5.75 Å². The zero-order valence-corrected chi connectivity index (χ0v) is 14.5. The van der Waals surface area contributed by atoms with Gasteiger partial charge in [0.2, 0.25) is 0 Å². The lowest BCUT2D eigenvalue weighted by Crippen LogP contribution is -2.19. The molecular formula is C17H18O7S. The van der Waals surface area contributed by atoms with Crippen molar-refractivity contribution < 1.29 is 33.6 Å². The average molecular weight is 366 g/mol. The van der Waals surface area contributed by atoms with Gasteiger partial charge in [0.05, 0.1) is 0 Å². The largest absolute Gasteiger partial charge is 0.457 e. The van der Waals surface area contributed by atoms with Crippen LogP contribution in [0.5, 0.6) is 0 Å². The lowest BCUT2D eigenvalue weighted by Gasteiger charge is -2.04. The number of benzene rings is 1. The van der Waals surface area contributed by atoms with Crippen LogP contribution in [-0.4, -0.2) is 30.9 Å². The highest BCUT2D eigenvalue weighted by molar-refractivity contribution is 7.79. The van der Waals surface area contributed by atoms with Crippen molar-refractivity contribution in [3.05, 3.63) is 60.1 Å². The summed E-state index contributed by atoms with van der Waals surface area (Å²) in [5.41, 5.74) is 1.40. The highest BCUT2D eigenvalue weighted by atomic mass is 32.1. The molecule has 0 aliphatic rings. The van der Waals surface area contributed by atoms with Gasteiger partial charge in [-0.05, 0) is 12.5 Å². The summed E-state index contributed by atoms with van der Waals surface area (Å²) in [5, 5.41) is 0. The Morgan fingerprint density at radius 1 is 1.08 bits per heavy atom. The molecule has 7 nitrogen and oxygen atoms in total. The SMILES string of the molecule is C=C(C)C(=O)O/C=C\OOCCOC(=O)C(=O)c1ccc(CS)cc1. The van der Waals surface area contributed by atoms with Crippen molar-refractivity contribution >= 4 is 30.4 Å². The Kier molecular flexibility index (Phi) is 9.05. The fraction of sp³-hybridized carbons (Fsp3) is 0.235. The molecule has 0 aliphatic heterocycles. The van der Waals surface area contributed by atoms with Crippen LogP contribution in [0.2, 0.25) is 0 Å². The maximum absolute atomic E-state index is 11.8. The van der Waals surface area contributed by atoms with Crippen LogP contribution in [0.15, 0.2) is 48.9 Å². The summed E-state index contributed by atoms with van der Waals surface area (Å²) in [6, 6.07) is 6.48. The summed E-state index contributed by atoms with van der Waals surface area (Å²) in [6.45, 7) is 4.60. The molecule has 0 saturated heterocycles. The zero-order valence-electron chi connectivity index (χ0n) is 13.6. The van der Waals surface area contributed by atoms with Crippen molar-refractivity contribution in [2.24, 2.45) is 0 Å². The van der Waals surface area contributed by atoms with Gasteiger partial charge in [0.1, 0.15) is 19.5 Å². The second-order valence-corrected chi connectivity index (χ2v) is 5.01. The first kappa shape index (κ1) is 20.5. The van der Waals surface area contributed by atoms with Gasteiger partial charge in [-0.25, -0.2) is 9.59 Å². The van der Waals surface area contributed by atoms with E-state index in [-0.39, 0.29) is 24.4 Å². The van der Waals surface area contributed by atoms with Crippen molar-refractivity contribution in [3.8, 4) is 0 Å². The average Bonchev–Trinajstić information content (AvgIpc) is 2.62. The van der Waals surface area contributed by atoms with Gasteiger partial charge in [-0.1, -0.05) is 30.8 Å². The molecule has 0 aliphatic carbocycles. The Balaban J connectivity index is 2.21. The quantitative estimate of drug-likeness (QED) is 0.0783. The highest BCUT2D eigenvalue weighted by Crippen LogP contribution is 2.08. The minimum atomic E-state index is -0.992. The lowest BCUT2D eigenvalue weighted by molar-refractivity contribution is -0.255. The number of hydrogen-bond donors (Lipinski definition) is 1. The topological polar surface area (TPSA) is 88.1 Å². The summed E-state index contributed by atoms with van der Waals surface area (Å²) >= 11 is 4.11. The maximum atomic E-state index is 11.8. The first-order valence-electron chi connectivity index (χ1n) is 7.16. The fourth-order valence-electron chi connectivity index (χ4n) is 1.41. The van der Waals surface area contributed by atoms with Crippen molar-refractivity contribution in [2.75, 3.05) is 13.2 Å². The molecule has 0 heterocycles. The van der Waals surface area contributed by atoms with E-state index >= 15 is 0 Å². The molecule has 8 heteroatoms. The summed E-state index contributed by atoms with van der Waals surface area (Å²) in [6.07, 6.45) is 1.96. The summed E-state index contributed by atoms with van der Waals surface area (Å²) in [5.74, 6) is -1.81. The van der Waals surface area contributed by atoms with Crippen molar-refractivity contribution in [1.29, 1.82) is 0 Å². The molecular weight excluding hydrogens is 348 g/mol. The number of ether oxygens (including phenoxy) is 2. The van der Waals surface area contributed by atoms with E-state index in [4.69, 9.17) is 4.74 Å². The molecule has 1 aromatic rings. The van der Waals surface area contributed by atoms with E-state index in [2.05, 4.69) is 33.7 Å². The van der Waals surface area contributed by atoms with Crippen LogP contribution in [-0.2, 0) is 34.6 Å². The fourth-order valence-corrected chi connectivity index (χ4v) is 1.62. The molecule has 25 heavy (non-hydrogen) atoms. The van der Waals surface area contributed by atoms with E-state index in [9.17, 15) is 14.4 Å². The van der Waals surface area contributed by atoms with E-state index in [1.54, 1.807) is 12.1 Å². The van der Waals surface area contributed by atoms with Crippen LogP contribution < -0.4 is 0 Å². The van der Waals surface area contributed by atoms with Gasteiger partial charge >= 0.3 is 11.9 Å². The van der Waals surface area contributed by atoms with E-state index in [1.807, 2.05) is 0 Å². The third-order valence-electron chi connectivity index (χ3n) is 2.69. The van der Waals surface area contributed by atoms with E-state index < -0.39 is 17.7 Å². The molecule has 0 unspecified atom stereocenters. The normalized spacial score (nSPS) is 10.3. The molecule has 1 aromatic carbocycles. The minimum Gasteiger partial charge on any atom is -0.457 e. The Morgan fingerprint density at radius 2 is 1.76 bits per heavy atom. The number of ketones is 1. The standard InChI is InChI=1S/C17H18O7S/c1-12(2)16(19)21-7-9-23-24-10-8-22-17(20)15(18)14-5-3-13(11-25)4-6-14/h3-7,9,25H,1,8,10-11H2,2H3/b9-7-.